The zero-order chi connectivity index (χ0) is 22.0. The van der Waals surface area contributed by atoms with Crippen molar-refractivity contribution in [3.63, 3.8) is 0 Å². The van der Waals surface area contributed by atoms with Crippen molar-refractivity contribution in [2.45, 2.75) is 17.7 Å². The molecule has 1 aliphatic rings. The number of methoxy groups -OCH3 is 2. The number of nitrogens with one attached hydrogen (secondary N) is 1. The Kier molecular flexibility index (Phi) is 5.59. The molecule has 0 fully saturated rings. The highest BCUT2D eigenvalue weighted by Crippen LogP contribution is 2.51. The molecule has 31 heavy (non-hydrogen) atoms. The highest BCUT2D eigenvalue weighted by molar-refractivity contribution is 5.88. The first-order valence-corrected chi connectivity index (χ1v) is 9.91. The van der Waals surface area contributed by atoms with E-state index < -0.39 is 29.6 Å². The monoisotopic (exact) mass is 417 g/mol. The van der Waals surface area contributed by atoms with Gasteiger partial charge in [-0.15, -0.1) is 0 Å². The average molecular weight is 417 g/mol. The van der Waals surface area contributed by atoms with Crippen molar-refractivity contribution in [3.05, 3.63) is 95.6 Å². The van der Waals surface area contributed by atoms with Gasteiger partial charge in [-0.3, -0.25) is 10.1 Å². The standard InChI is InChI=1S/C25H23NO5/c1-30-23(28)21(22(27)24(29)31-2)26-25(16-10-4-3-5-11-16)19-14-8-6-12-17(19)18-13-7-9-15-20(18)25/h3-15,21-22,26-27H,1-2H3/t21-,22+/m0/s1. The Hall–Kier alpha value is -3.48. The minimum atomic E-state index is -1.75. The topological polar surface area (TPSA) is 84.9 Å². The first kappa shape index (κ1) is 20.8. The van der Waals surface area contributed by atoms with Gasteiger partial charge in [0.15, 0.2) is 6.10 Å². The smallest absolute Gasteiger partial charge is 0.336 e. The normalized spacial score (nSPS) is 15.3. The summed E-state index contributed by atoms with van der Waals surface area (Å²) in [5, 5.41) is 14.0. The summed E-state index contributed by atoms with van der Waals surface area (Å²) in [7, 11) is 2.37. The molecular weight excluding hydrogens is 394 g/mol. The molecule has 6 heteroatoms. The third-order valence-corrected chi connectivity index (χ3v) is 5.74. The molecule has 0 spiro atoms. The second kappa shape index (κ2) is 8.34. The second-order valence-corrected chi connectivity index (χ2v) is 7.32. The van der Waals surface area contributed by atoms with Gasteiger partial charge in [0, 0.05) is 0 Å². The van der Waals surface area contributed by atoms with Crippen molar-refractivity contribution in [2.24, 2.45) is 0 Å². The molecule has 0 aliphatic heterocycles. The molecule has 2 atom stereocenters. The van der Waals surface area contributed by atoms with Crippen molar-refractivity contribution in [3.8, 4) is 11.1 Å². The number of aliphatic hydroxyl groups excluding tert-OH is 1. The minimum Gasteiger partial charge on any atom is -0.468 e. The molecule has 1 aliphatic carbocycles. The lowest BCUT2D eigenvalue weighted by Gasteiger charge is -2.37. The molecule has 0 radical (unpaired) electrons. The van der Waals surface area contributed by atoms with Crippen LogP contribution < -0.4 is 5.32 Å². The number of carbonyl (C=O) groups is 2. The van der Waals surface area contributed by atoms with E-state index in [4.69, 9.17) is 9.47 Å². The molecule has 0 aromatic heterocycles. The third kappa shape index (κ3) is 3.30. The van der Waals surface area contributed by atoms with Crippen LogP contribution in [-0.4, -0.2) is 43.4 Å². The van der Waals surface area contributed by atoms with Crippen LogP contribution in [0.1, 0.15) is 16.7 Å². The fourth-order valence-electron chi connectivity index (χ4n) is 4.36. The fourth-order valence-corrected chi connectivity index (χ4v) is 4.36. The van der Waals surface area contributed by atoms with E-state index in [2.05, 4.69) is 5.32 Å². The number of aliphatic hydroxyl groups is 1. The molecule has 158 valence electrons. The van der Waals surface area contributed by atoms with Gasteiger partial charge in [-0.05, 0) is 27.8 Å². The minimum absolute atomic E-state index is 0.768. The van der Waals surface area contributed by atoms with Gasteiger partial charge in [-0.1, -0.05) is 78.9 Å². The van der Waals surface area contributed by atoms with Crippen LogP contribution in [0.15, 0.2) is 78.9 Å². The van der Waals surface area contributed by atoms with Gasteiger partial charge < -0.3 is 14.6 Å². The van der Waals surface area contributed by atoms with Crippen LogP contribution in [0.5, 0.6) is 0 Å². The largest absolute Gasteiger partial charge is 0.468 e. The van der Waals surface area contributed by atoms with Crippen LogP contribution in [-0.2, 0) is 24.6 Å². The Balaban J connectivity index is 1.98. The molecule has 0 unspecified atom stereocenters. The molecule has 0 bridgehead atoms. The number of hydrogen-bond donors (Lipinski definition) is 2. The summed E-state index contributed by atoms with van der Waals surface area (Å²) in [6.07, 6.45) is -1.75. The van der Waals surface area contributed by atoms with Crippen molar-refractivity contribution in [1.29, 1.82) is 0 Å². The Morgan fingerprint density at radius 2 is 1.26 bits per heavy atom. The molecule has 0 saturated heterocycles. The quantitative estimate of drug-likeness (QED) is 0.600. The van der Waals surface area contributed by atoms with E-state index in [1.165, 1.54) is 7.11 Å². The number of rotatable bonds is 6. The third-order valence-electron chi connectivity index (χ3n) is 5.74. The highest BCUT2D eigenvalue weighted by atomic mass is 16.5. The maximum Gasteiger partial charge on any atom is 0.336 e. The first-order valence-electron chi connectivity index (χ1n) is 9.91. The van der Waals surface area contributed by atoms with E-state index in [1.54, 1.807) is 0 Å². The number of ether oxygens (including phenoxy) is 2. The highest BCUT2D eigenvalue weighted by Gasteiger charge is 2.49. The molecule has 0 heterocycles. The van der Waals surface area contributed by atoms with E-state index in [1.807, 2.05) is 78.9 Å². The van der Waals surface area contributed by atoms with E-state index in [-0.39, 0.29) is 0 Å². The van der Waals surface area contributed by atoms with Crippen molar-refractivity contribution < 1.29 is 24.2 Å². The van der Waals surface area contributed by atoms with Crippen molar-refractivity contribution in [2.75, 3.05) is 14.2 Å². The molecule has 0 amide bonds. The molecule has 3 aromatic rings. The van der Waals surface area contributed by atoms with Gasteiger partial charge in [0.1, 0.15) is 6.04 Å². The second-order valence-electron chi connectivity index (χ2n) is 7.32. The maximum atomic E-state index is 12.7. The summed E-state index contributed by atoms with van der Waals surface area (Å²) in [6, 6.07) is 24.0. The molecule has 6 nitrogen and oxygen atoms in total. The summed E-state index contributed by atoms with van der Waals surface area (Å²) in [5.74, 6) is -1.69. The lowest BCUT2D eigenvalue weighted by atomic mass is 9.79. The summed E-state index contributed by atoms with van der Waals surface area (Å²) in [5.41, 5.74) is 3.69. The molecule has 0 saturated carbocycles. The molecule has 2 N–H and O–H groups in total. The first-order chi connectivity index (χ1) is 15.0. The molecule has 3 aromatic carbocycles. The van der Waals surface area contributed by atoms with Gasteiger partial charge in [-0.2, -0.15) is 0 Å². The van der Waals surface area contributed by atoms with Crippen LogP contribution in [0.3, 0.4) is 0 Å². The van der Waals surface area contributed by atoms with Crippen LogP contribution in [0.4, 0.5) is 0 Å². The van der Waals surface area contributed by atoms with Gasteiger partial charge >= 0.3 is 11.9 Å². The Morgan fingerprint density at radius 3 is 1.77 bits per heavy atom. The maximum absolute atomic E-state index is 12.7. The van der Waals surface area contributed by atoms with Gasteiger partial charge in [0.2, 0.25) is 0 Å². The van der Waals surface area contributed by atoms with Crippen LogP contribution in [0.2, 0.25) is 0 Å². The van der Waals surface area contributed by atoms with Gasteiger partial charge in [0.05, 0.1) is 19.8 Å². The lowest BCUT2D eigenvalue weighted by molar-refractivity contribution is -0.160. The van der Waals surface area contributed by atoms with E-state index in [9.17, 15) is 14.7 Å². The van der Waals surface area contributed by atoms with Crippen LogP contribution in [0.25, 0.3) is 11.1 Å². The van der Waals surface area contributed by atoms with E-state index in [0.717, 1.165) is 34.9 Å². The van der Waals surface area contributed by atoms with Crippen LogP contribution >= 0.6 is 0 Å². The van der Waals surface area contributed by atoms with E-state index >= 15 is 0 Å². The number of esters is 2. The summed E-state index contributed by atoms with van der Waals surface area (Å²) < 4.78 is 9.62. The number of carbonyl (C=O) groups excluding carboxylic acids is 2. The zero-order valence-electron chi connectivity index (χ0n) is 17.2. The predicted octanol–water partition coefficient (Wildman–Crippen LogP) is 2.62. The summed E-state index contributed by atoms with van der Waals surface area (Å²) in [6.45, 7) is 0. The number of hydrogen-bond acceptors (Lipinski definition) is 6. The van der Waals surface area contributed by atoms with Crippen LogP contribution in [0, 0.1) is 0 Å². The SMILES string of the molecule is COC(=O)[C@@H](NC1(c2ccccc2)c2ccccc2-c2ccccc21)[C@@H](O)C(=O)OC. The zero-order valence-corrected chi connectivity index (χ0v) is 17.2. The Morgan fingerprint density at radius 1 is 0.774 bits per heavy atom. The average Bonchev–Trinajstić information content (AvgIpc) is 3.12. The lowest BCUT2D eigenvalue weighted by Crippen LogP contribution is -2.58. The number of fused-ring (bicyclic) bond motifs is 3. The predicted molar refractivity (Wildman–Crippen MR) is 115 cm³/mol. The van der Waals surface area contributed by atoms with Gasteiger partial charge in [0.25, 0.3) is 0 Å². The molecular formula is C25H23NO5. The Bertz CT molecular complexity index is 1070. The fraction of sp³-hybridized carbons (Fsp3) is 0.200. The summed E-state index contributed by atoms with van der Waals surface area (Å²) >= 11 is 0. The molecule has 4 rings (SSSR count). The number of benzene rings is 3. The van der Waals surface area contributed by atoms with Crippen molar-refractivity contribution in [1.82, 2.24) is 5.32 Å². The van der Waals surface area contributed by atoms with E-state index in [0.29, 0.717) is 0 Å². The van der Waals surface area contributed by atoms with Gasteiger partial charge in [-0.25, -0.2) is 4.79 Å². The Labute approximate surface area is 180 Å². The van der Waals surface area contributed by atoms with Crippen molar-refractivity contribution >= 4 is 11.9 Å². The summed E-state index contributed by atoms with van der Waals surface area (Å²) in [4.78, 5) is 24.9.